The summed E-state index contributed by atoms with van der Waals surface area (Å²) in [5, 5.41) is 3.47. The van der Waals surface area contributed by atoms with Crippen LogP contribution in [0.4, 0.5) is 20.5 Å². The molecule has 195 valence electrons. The molecule has 0 spiro atoms. The number of fused-ring (bicyclic) bond motifs is 1. The molecule has 2 aromatic heterocycles. The molecule has 3 aliphatic rings. The number of halogens is 2. The molecular weight excluding hydrogens is 480 g/mol. The molecular formula is C26H30F2N7O2. The van der Waals surface area contributed by atoms with Crippen LogP contribution in [-0.4, -0.2) is 75.3 Å². The summed E-state index contributed by atoms with van der Waals surface area (Å²) in [6, 6.07) is 9.25. The summed E-state index contributed by atoms with van der Waals surface area (Å²) >= 11 is 0. The van der Waals surface area contributed by atoms with Crippen molar-refractivity contribution in [3.63, 3.8) is 0 Å². The van der Waals surface area contributed by atoms with Crippen LogP contribution in [0.2, 0.25) is 0 Å². The number of hydrogen-bond acceptors (Lipinski definition) is 7. The number of benzene rings is 1. The highest BCUT2D eigenvalue weighted by Crippen LogP contribution is 2.31. The SMILES string of the molecule is O=C1[CH]CCN1C1CCC(Nc2nc(N3CCOCC3)cc(-n3c(C(F)F)nc4ccccc43)n2)CC1. The van der Waals surface area contributed by atoms with E-state index in [1.54, 1.807) is 36.8 Å². The lowest BCUT2D eigenvalue weighted by molar-refractivity contribution is -0.127. The summed E-state index contributed by atoms with van der Waals surface area (Å²) in [5.41, 5.74) is 1.06. The van der Waals surface area contributed by atoms with Gasteiger partial charge in [-0.3, -0.25) is 9.36 Å². The van der Waals surface area contributed by atoms with Crippen molar-refractivity contribution in [3.8, 4) is 5.82 Å². The van der Waals surface area contributed by atoms with Gasteiger partial charge in [0, 0.05) is 37.8 Å². The minimum Gasteiger partial charge on any atom is -0.378 e. The first-order valence-electron chi connectivity index (χ1n) is 12.9. The number of carbonyl (C=O) groups is 1. The van der Waals surface area contributed by atoms with Gasteiger partial charge in [0.25, 0.3) is 6.43 Å². The molecule has 2 saturated heterocycles. The first kappa shape index (κ1) is 24.0. The summed E-state index contributed by atoms with van der Waals surface area (Å²) in [6.07, 6.45) is 3.42. The normalized spacial score (nSPS) is 22.8. The molecule has 3 fully saturated rings. The number of para-hydroxylation sites is 2. The van der Waals surface area contributed by atoms with Gasteiger partial charge in [0.05, 0.1) is 30.7 Å². The maximum Gasteiger partial charge on any atom is 0.296 e. The molecule has 1 amide bonds. The van der Waals surface area contributed by atoms with E-state index in [2.05, 4.69) is 15.2 Å². The molecule has 1 aliphatic carbocycles. The van der Waals surface area contributed by atoms with Gasteiger partial charge >= 0.3 is 0 Å². The third kappa shape index (κ3) is 4.84. The number of nitrogens with zero attached hydrogens (tertiary/aromatic N) is 6. The lowest BCUT2D eigenvalue weighted by Gasteiger charge is -2.35. The summed E-state index contributed by atoms with van der Waals surface area (Å²) in [4.78, 5) is 29.9. The Balaban J connectivity index is 1.31. The zero-order chi connectivity index (χ0) is 25.4. The monoisotopic (exact) mass is 510 g/mol. The average molecular weight is 511 g/mol. The first-order chi connectivity index (χ1) is 18.1. The zero-order valence-corrected chi connectivity index (χ0v) is 20.5. The summed E-state index contributed by atoms with van der Waals surface area (Å²) in [6.45, 7) is 3.29. The van der Waals surface area contributed by atoms with E-state index in [4.69, 9.17) is 14.7 Å². The molecule has 1 radical (unpaired) electrons. The predicted molar refractivity (Wildman–Crippen MR) is 135 cm³/mol. The van der Waals surface area contributed by atoms with Crippen LogP contribution >= 0.6 is 0 Å². The van der Waals surface area contributed by atoms with Crippen molar-refractivity contribution < 1.29 is 18.3 Å². The number of morpholine rings is 1. The standard InChI is InChI=1S/C26H30F2N7O2/c27-24(28)25-30-19-4-1-2-5-20(19)35(25)22-16-21(33-12-14-37-15-13-33)31-26(32-22)29-17-7-9-18(10-8-17)34-11-3-6-23(34)36/h1-2,4-6,16-18,24H,3,7-15H2,(H,29,31,32). The van der Waals surface area contributed by atoms with Crippen molar-refractivity contribution >= 4 is 28.7 Å². The molecule has 4 heterocycles. The molecule has 11 heteroatoms. The van der Waals surface area contributed by atoms with Crippen LogP contribution in [0.15, 0.2) is 30.3 Å². The first-order valence-corrected chi connectivity index (χ1v) is 12.9. The zero-order valence-electron chi connectivity index (χ0n) is 20.5. The van der Waals surface area contributed by atoms with Gasteiger partial charge in [-0.15, -0.1) is 0 Å². The minimum absolute atomic E-state index is 0.139. The lowest BCUT2D eigenvalue weighted by Crippen LogP contribution is -2.41. The predicted octanol–water partition coefficient (Wildman–Crippen LogP) is 3.75. The summed E-state index contributed by atoms with van der Waals surface area (Å²) < 4.78 is 35.1. The maximum absolute atomic E-state index is 14.1. The van der Waals surface area contributed by atoms with Gasteiger partial charge < -0.3 is 19.9 Å². The fraction of sp³-hybridized carbons (Fsp3) is 0.500. The Labute approximate surface area is 213 Å². The maximum atomic E-state index is 14.1. The molecule has 9 nitrogen and oxygen atoms in total. The van der Waals surface area contributed by atoms with Crippen LogP contribution < -0.4 is 10.2 Å². The molecule has 0 bridgehead atoms. The van der Waals surface area contributed by atoms with E-state index < -0.39 is 6.43 Å². The third-order valence-corrected chi connectivity index (χ3v) is 7.49. The van der Waals surface area contributed by atoms with Crippen LogP contribution in [0.25, 0.3) is 16.9 Å². The fourth-order valence-electron chi connectivity index (χ4n) is 5.62. The third-order valence-electron chi connectivity index (χ3n) is 7.49. The van der Waals surface area contributed by atoms with Crippen LogP contribution in [0.3, 0.4) is 0 Å². The average Bonchev–Trinajstić information content (AvgIpc) is 3.53. The molecule has 0 unspecified atom stereocenters. The highest BCUT2D eigenvalue weighted by Gasteiger charge is 2.32. The van der Waals surface area contributed by atoms with Gasteiger partial charge in [-0.05, 0) is 44.2 Å². The Kier molecular flexibility index (Phi) is 6.62. The Hall–Kier alpha value is -3.34. The van der Waals surface area contributed by atoms with Crippen LogP contribution in [0.5, 0.6) is 0 Å². The van der Waals surface area contributed by atoms with Crippen LogP contribution in [0.1, 0.15) is 44.4 Å². The van der Waals surface area contributed by atoms with Crippen LogP contribution in [0, 0.1) is 6.42 Å². The van der Waals surface area contributed by atoms with E-state index in [9.17, 15) is 13.6 Å². The van der Waals surface area contributed by atoms with Gasteiger partial charge in [0.15, 0.2) is 5.82 Å². The van der Waals surface area contributed by atoms with E-state index in [0.717, 1.165) is 38.6 Å². The second kappa shape index (κ2) is 10.2. The molecule has 2 aliphatic heterocycles. The van der Waals surface area contributed by atoms with Crippen molar-refractivity contribution in [3.05, 3.63) is 42.6 Å². The fourth-order valence-corrected chi connectivity index (χ4v) is 5.62. The smallest absolute Gasteiger partial charge is 0.296 e. The Morgan fingerprint density at radius 2 is 1.73 bits per heavy atom. The highest BCUT2D eigenvalue weighted by molar-refractivity contribution is 5.87. The second-order valence-corrected chi connectivity index (χ2v) is 9.78. The number of alkyl halides is 2. The number of nitrogens with one attached hydrogen (secondary N) is 1. The Morgan fingerprint density at radius 3 is 2.46 bits per heavy atom. The van der Waals surface area contributed by atoms with Crippen molar-refractivity contribution in [1.29, 1.82) is 0 Å². The number of anilines is 2. The van der Waals surface area contributed by atoms with E-state index in [1.165, 1.54) is 4.57 Å². The van der Waals surface area contributed by atoms with Gasteiger partial charge in [0.1, 0.15) is 11.6 Å². The van der Waals surface area contributed by atoms with Crippen molar-refractivity contribution in [2.45, 2.75) is 50.6 Å². The van der Waals surface area contributed by atoms with Gasteiger partial charge in [-0.2, -0.15) is 9.97 Å². The number of hydrogen-bond donors (Lipinski definition) is 1. The lowest BCUT2D eigenvalue weighted by atomic mass is 9.90. The molecule has 3 aromatic rings. The molecule has 0 atom stereocenters. The van der Waals surface area contributed by atoms with Crippen LogP contribution in [-0.2, 0) is 9.53 Å². The molecule has 37 heavy (non-hydrogen) atoms. The molecule has 1 aromatic carbocycles. The second-order valence-electron chi connectivity index (χ2n) is 9.78. The number of rotatable bonds is 6. The number of imidazole rings is 1. The van der Waals surface area contributed by atoms with E-state index in [0.29, 0.717) is 54.9 Å². The Morgan fingerprint density at radius 1 is 0.973 bits per heavy atom. The topological polar surface area (TPSA) is 88.4 Å². The number of ether oxygens (including phenoxy) is 1. The largest absolute Gasteiger partial charge is 0.378 e. The number of aromatic nitrogens is 4. The van der Waals surface area contributed by atoms with Gasteiger partial charge in [0.2, 0.25) is 11.9 Å². The van der Waals surface area contributed by atoms with E-state index >= 15 is 0 Å². The van der Waals surface area contributed by atoms with Gasteiger partial charge in [-0.1, -0.05) is 12.1 Å². The number of carbonyl (C=O) groups excluding carboxylic acids is 1. The Bertz CT molecular complexity index is 1270. The van der Waals surface area contributed by atoms with E-state index in [-0.39, 0.29) is 23.8 Å². The summed E-state index contributed by atoms with van der Waals surface area (Å²) in [7, 11) is 0. The van der Waals surface area contributed by atoms with Crippen molar-refractivity contribution in [2.75, 3.05) is 43.1 Å². The summed E-state index contributed by atoms with van der Waals surface area (Å²) in [5.74, 6) is 1.23. The van der Waals surface area contributed by atoms with Crippen molar-refractivity contribution in [1.82, 2.24) is 24.4 Å². The van der Waals surface area contributed by atoms with Crippen molar-refractivity contribution in [2.24, 2.45) is 0 Å². The quantitative estimate of drug-likeness (QED) is 0.540. The highest BCUT2D eigenvalue weighted by atomic mass is 19.3. The van der Waals surface area contributed by atoms with Gasteiger partial charge in [-0.25, -0.2) is 13.8 Å². The molecule has 1 saturated carbocycles. The number of amides is 1. The van der Waals surface area contributed by atoms with E-state index in [1.807, 2.05) is 4.90 Å². The number of likely N-dealkylation sites (tertiary alicyclic amines) is 1. The molecule has 1 N–H and O–H groups in total. The minimum atomic E-state index is -2.76. The molecule has 6 rings (SSSR count).